The van der Waals surface area contributed by atoms with Gasteiger partial charge in [-0.05, 0) is 18.4 Å². The largest absolute Gasteiger partial charge is 0.480 e. The fourth-order valence-corrected chi connectivity index (χ4v) is 3.72. The second-order valence-electron chi connectivity index (χ2n) is 5.36. The maximum absolute atomic E-state index is 12.3. The maximum atomic E-state index is 12.3. The number of nitrogens with one attached hydrogen (secondary N) is 1. The minimum atomic E-state index is -3.88. The number of aliphatic carboxylic acids is 1. The minimum absolute atomic E-state index is 0.00497. The molecule has 1 aliphatic rings. The Morgan fingerprint density at radius 3 is 2.45 bits per heavy atom. The lowest BCUT2D eigenvalue weighted by Gasteiger charge is -2.20. The van der Waals surface area contributed by atoms with Crippen molar-refractivity contribution in [2.45, 2.75) is 30.2 Å². The second kappa shape index (κ2) is 6.74. The lowest BCUT2D eigenvalue weighted by atomic mass is 10.2. The molecule has 1 aromatic rings. The molecular weight excluding hydrogens is 310 g/mol. The normalized spacial score (nSPS) is 17.9. The van der Waals surface area contributed by atoms with Crippen molar-refractivity contribution >= 4 is 16.0 Å². The van der Waals surface area contributed by atoms with E-state index >= 15 is 0 Å². The van der Waals surface area contributed by atoms with Crippen LogP contribution >= 0.6 is 0 Å². The van der Waals surface area contributed by atoms with Crippen LogP contribution < -0.4 is 4.72 Å². The Morgan fingerprint density at radius 2 is 1.95 bits per heavy atom. The zero-order valence-electron chi connectivity index (χ0n) is 11.9. The van der Waals surface area contributed by atoms with Crippen LogP contribution in [0, 0.1) is 0 Å². The van der Waals surface area contributed by atoms with Gasteiger partial charge in [-0.3, -0.25) is 4.79 Å². The van der Waals surface area contributed by atoms with E-state index in [-0.39, 0.29) is 6.61 Å². The van der Waals surface area contributed by atoms with Gasteiger partial charge in [0.15, 0.2) is 0 Å². The van der Waals surface area contributed by atoms with Gasteiger partial charge >= 0.3 is 5.97 Å². The molecular formula is C14H19NO6S. The average molecular weight is 329 g/mol. The van der Waals surface area contributed by atoms with Crippen LogP contribution in [0.4, 0.5) is 0 Å². The van der Waals surface area contributed by atoms with E-state index in [4.69, 9.17) is 14.9 Å². The van der Waals surface area contributed by atoms with Crippen molar-refractivity contribution in [3.63, 3.8) is 0 Å². The van der Waals surface area contributed by atoms with E-state index in [1.54, 1.807) is 0 Å². The molecule has 7 nitrogen and oxygen atoms in total. The summed E-state index contributed by atoms with van der Waals surface area (Å²) < 4.78 is 31.0. The fourth-order valence-electron chi connectivity index (χ4n) is 2.04. The minimum Gasteiger partial charge on any atom is -0.480 e. The number of benzene rings is 1. The Balaban J connectivity index is 1.93. The third-order valence-electron chi connectivity index (χ3n) is 3.63. The van der Waals surface area contributed by atoms with Crippen molar-refractivity contribution in [2.75, 3.05) is 13.2 Å². The molecule has 0 heterocycles. The first-order valence-electron chi connectivity index (χ1n) is 6.87. The quantitative estimate of drug-likeness (QED) is 0.592. The van der Waals surface area contributed by atoms with Crippen LogP contribution in [-0.4, -0.2) is 48.6 Å². The maximum Gasteiger partial charge on any atom is 0.324 e. The highest BCUT2D eigenvalue weighted by Crippen LogP contribution is 2.43. The summed E-state index contributed by atoms with van der Waals surface area (Å²) in [5, 5.41) is 17.8. The van der Waals surface area contributed by atoms with Gasteiger partial charge in [0.1, 0.15) is 10.8 Å². The molecule has 0 radical (unpaired) electrons. The van der Waals surface area contributed by atoms with Gasteiger partial charge in [-0.1, -0.05) is 30.3 Å². The summed E-state index contributed by atoms with van der Waals surface area (Å²) in [6.07, 6.45) is 0.823. The summed E-state index contributed by atoms with van der Waals surface area (Å²) in [6.45, 7) is -0.509. The van der Waals surface area contributed by atoms with E-state index in [1.165, 1.54) is 0 Å². The van der Waals surface area contributed by atoms with Crippen LogP contribution in [0.1, 0.15) is 18.4 Å². The second-order valence-corrected chi connectivity index (χ2v) is 7.46. The van der Waals surface area contributed by atoms with Crippen LogP contribution in [0.3, 0.4) is 0 Å². The topological polar surface area (TPSA) is 113 Å². The summed E-state index contributed by atoms with van der Waals surface area (Å²) >= 11 is 0. The molecule has 0 amide bonds. The summed E-state index contributed by atoms with van der Waals surface area (Å²) in [5.41, 5.74) is 0.933. The number of rotatable bonds is 9. The molecule has 0 unspecified atom stereocenters. The summed E-state index contributed by atoms with van der Waals surface area (Å²) in [6, 6.07) is 7.82. The van der Waals surface area contributed by atoms with Gasteiger partial charge in [-0.2, -0.15) is 4.72 Å². The van der Waals surface area contributed by atoms with Gasteiger partial charge in [0, 0.05) is 0 Å². The van der Waals surface area contributed by atoms with E-state index in [9.17, 15) is 13.2 Å². The van der Waals surface area contributed by atoms with Crippen LogP contribution in [0.25, 0.3) is 0 Å². The number of aliphatic hydroxyl groups excluding tert-OH is 1. The van der Waals surface area contributed by atoms with Gasteiger partial charge < -0.3 is 14.9 Å². The zero-order chi connectivity index (χ0) is 16.2. The Bertz CT molecular complexity index is 611. The van der Waals surface area contributed by atoms with Crippen molar-refractivity contribution < 1.29 is 28.2 Å². The van der Waals surface area contributed by atoms with Crippen molar-refractivity contribution in [2.24, 2.45) is 0 Å². The van der Waals surface area contributed by atoms with E-state index < -0.39 is 33.4 Å². The number of carbonyl (C=O) groups is 1. The van der Waals surface area contributed by atoms with Crippen LogP contribution in [0.2, 0.25) is 0 Å². The average Bonchev–Trinajstić information content (AvgIpc) is 3.27. The number of carboxylic acid groups (broad SMARTS) is 1. The third-order valence-corrected chi connectivity index (χ3v) is 5.89. The van der Waals surface area contributed by atoms with E-state index in [0.717, 1.165) is 5.56 Å². The Hall–Kier alpha value is -1.48. The summed E-state index contributed by atoms with van der Waals surface area (Å²) in [5.74, 6) is -1.41. The van der Waals surface area contributed by atoms with Gasteiger partial charge in [0.2, 0.25) is 10.0 Å². The highest BCUT2D eigenvalue weighted by molar-refractivity contribution is 7.91. The Kier molecular flexibility index (Phi) is 5.17. The summed E-state index contributed by atoms with van der Waals surface area (Å²) in [4.78, 5) is 10.8. The van der Waals surface area contributed by atoms with E-state index in [2.05, 4.69) is 0 Å². The van der Waals surface area contributed by atoms with Crippen LogP contribution in [-0.2, 0) is 26.2 Å². The van der Waals surface area contributed by atoms with E-state index in [0.29, 0.717) is 19.4 Å². The molecule has 1 fully saturated rings. The number of hydrogen-bond donors (Lipinski definition) is 3. The molecule has 0 saturated heterocycles. The number of carboxylic acids is 1. The highest BCUT2D eigenvalue weighted by atomic mass is 32.2. The summed E-state index contributed by atoms with van der Waals surface area (Å²) in [7, 11) is -3.88. The molecule has 122 valence electrons. The van der Waals surface area contributed by atoms with Crippen molar-refractivity contribution in [1.82, 2.24) is 4.72 Å². The molecule has 0 aromatic heterocycles. The molecule has 0 spiro atoms. The molecule has 1 saturated carbocycles. The molecule has 0 aliphatic heterocycles. The molecule has 1 aliphatic carbocycles. The van der Waals surface area contributed by atoms with Crippen LogP contribution in [0.5, 0.6) is 0 Å². The number of ether oxygens (including phenoxy) is 1. The first kappa shape index (κ1) is 16.9. The molecule has 2 rings (SSSR count). The Morgan fingerprint density at radius 1 is 1.32 bits per heavy atom. The van der Waals surface area contributed by atoms with Crippen LogP contribution in [0.15, 0.2) is 30.3 Å². The zero-order valence-corrected chi connectivity index (χ0v) is 12.8. The molecule has 3 N–H and O–H groups in total. The number of hydrogen-bond acceptors (Lipinski definition) is 5. The fraction of sp³-hybridized carbons (Fsp3) is 0.500. The first-order valence-corrected chi connectivity index (χ1v) is 8.36. The van der Waals surface area contributed by atoms with Gasteiger partial charge in [-0.25, -0.2) is 8.42 Å². The molecule has 0 bridgehead atoms. The van der Waals surface area contributed by atoms with Crippen molar-refractivity contribution in [3.05, 3.63) is 35.9 Å². The van der Waals surface area contributed by atoms with E-state index in [1.807, 2.05) is 35.1 Å². The van der Waals surface area contributed by atoms with Gasteiger partial charge in [0.05, 0.1) is 19.8 Å². The molecule has 1 aromatic carbocycles. The highest BCUT2D eigenvalue weighted by Gasteiger charge is 2.55. The molecule has 8 heteroatoms. The smallest absolute Gasteiger partial charge is 0.324 e. The van der Waals surface area contributed by atoms with Gasteiger partial charge in [0.25, 0.3) is 0 Å². The third kappa shape index (κ3) is 3.83. The van der Waals surface area contributed by atoms with Crippen molar-refractivity contribution in [1.29, 1.82) is 0 Å². The lowest BCUT2D eigenvalue weighted by molar-refractivity contribution is -0.139. The predicted octanol–water partition coefficient (Wildman–Crippen LogP) is 0.101. The number of aliphatic hydroxyl groups is 1. The predicted molar refractivity (Wildman–Crippen MR) is 78.6 cm³/mol. The molecule has 1 atom stereocenters. The standard InChI is InChI=1S/C14H19NO6S/c16-8-12(13(17)18)15-22(19,20)14(6-7-14)10-21-9-11-4-2-1-3-5-11/h1-5,12,15-16H,6-10H2,(H,17,18)/t12-/m0/s1. The first-order chi connectivity index (χ1) is 10.4. The lowest BCUT2D eigenvalue weighted by Crippen LogP contribution is -2.49. The Labute approximate surface area is 129 Å². The van der Waals surface area contributed by atoms with Crippen molar-refractivity contribution in [3.8, 4) is 0 Å². The number of sulfonamides is 1. The SMILES string of the molecule is O=C(O)[C@H](CO)NS(=O)(=O)C1(COCc2ccccc2)CC1. The van der Waals surface area contributed by atoms with Gasteiger partial charge in [-0.15, -0.1) is 0 Å². The monoisotopic (exact) mass is 329 g/mol. The molecule has 22 heavy (non-hydrogen) atoms.